The average Bonchev–Trinajstić information content (AvgIpc) is 3.10. The fourth-order valence-corrected chi connectivity index (χ4v) is 5.74. The van der Waals surface area contributed by atoms with Crippen molar-refractivity contribution in [3.05, 3.63) is 48.6 Å². The number of rotatable bonds is 35. The zero-order valence-corrected chi connectivity index (χ0v) is 33.2. The number of allylic oxidation sites excluding steroid dienone is 7. The summed E-state index contributed by atoms with van der Waals surface area (Å²) in [6.45, 7) is 4.34. The number of aliphatic hydroxyl groups excluding tert-OH is 3. The Bertz CT molecular complexity index is 1040. The highest BCUT2D eigenvalue weighted by Gasteiger charge is 2.27. The maximum Gasteiger partial charge on any atom is 0.472 e. The Labute approximate surface area is 314 Å². The van der Waals surface area contributed by atoms with Gasteiger partial charge in [0.25, 0.3) is 0 Å². The molecule has 4 N–H and O–H groups in total. The predicted molar refractivity (Wildman–Crippen MR) is 206 cm³/mol. The molecule has 0 aliphatic heterocycles. The largest absolute Gasteiger partial charge is 0.472 e. The molecule has 0 saturated heterocycles. The van der Waals surface area contributed by atoms with Gasteiger partial charge >= 0.3 is 19.8 Å². The normalized spacial score (nSPS) is 15.2. The predicted octanol–water partition coefficient (Wildman–Crippen LogP) is 8.60. The molecule has 0 saturated carbocycles. The number of hydrogen-bond acceptors (Lipinski definition) is 10. The highest BCUT2D eigenvalue weighted by Crippen LogP contribution is 2.43. The summed E-state index contributed by atoms with van der Waals surface area (Å²) < 4.78 is 32.5. The van der Waals surface area contributed by atoms with Gasteiger partial charge in [0.1, 0.15) is 12.7 Å². The summed E-state index contributed by atoms with van der Waals surface area (Å²) in [5.74, 6) is -0.269. The molecule has 0 amide bonds. The number of phosphoric acid groups is 1. The standard InChI is InChI=1S/C40H71O11P/c1-4-26-36(42)28-23-19-15-10-8-6-5-7-9-11-16-20-24-29-39(44)48-33-38(34-50-52(46,47)49-32-37(43)31-41)51-40(45)30-25-21-17-13-12-14-18-22-27-35(2)3/h5,7-8,10-11,16,19,23,35-38,41-43H,4,6,9,12-15,17-18,20-22,24-34H2,1-3H3,(H,46,47)/b7-5-,10-8-,16-11-,23-19-/t36?,37-,38+/m0/s1. The lowest BCUT2D eigenvalue weighted by atomic mass is 10.0. The Balaban J connectivity index is 4.46. The lowest BCUT2D eigenvalue weighted by Gasteiger charge is -2.20. The van der Waals surface area contributed by atoms with E-state index < -0.39 is 51.8 Å². The van der Waals surface area contributed by atoms with Crippen molar-refractivity contribution < 1.29 is 52.9 Å². The zero-order valence-electron chi connectivity index (χ0n) is 32.3. The number of unbranched alkanes of at least 4 members (excludes halogenated alkanes) is 8. The number of carbonyl (C=O) groups excluding carboxylic acids is 2. The molecule has 11 nitrogen and oxygen atoms in total. The third-order valence-electron chi connectivity index (χ3n) is 7.97. The molecule has 52 heavy (non-hydrogen) atoms. The fourth-order valence-electron chi connectivity index (χ4n) is 4.95. The Morgan fingerprint density at radius 3 is 1.79 bits per heavy atom. The van der Waals surface area contributed by atoms with Crippen molar-refractivity contribution in [3.8, 4) is 0 Å². The van der Waals surface area contributed by atoms with E-state index in [-0.39, 0.29) is 25.6 Å². The van der Waals surface area contributed by atoms with Gasteiger partial charge < -0.3 is 29.7 Å². The van der Waals surface area contributed by atoms with Crippen LogP contribution in [0.1, 0.15) is 143 Å². The number of phosphoric ester groups is 1. The van der Waals surface area contributed by atoms with Crippen molar-refractivity contribution in [1.82, 2.24) is 0 Å². The second-order valence-corrected chi connectivity index (χ2v) is 15.1. The van der Waals surface area contributed by atoms with Crippen molar-refractivity contribution in [2.45, 2.75) is 161 Å². The molecule has 0 rings (SSSR count). The first kappa shape index (κ1) is 49.9. The topological polar surface area (TPSA) is 169 Å². The first-order chi connectivity index (χ1) is 25.0. The summed E-state index contributed by atoms with van der Waals surface area (Å²) in [6.07, 6.45) is 30.3. The van der Waals surface area contributed by atoms with E-state index in [0.29, 0.717) is 25.7 Å². The van der Waals surface area contributed by atoms with Gasteiger partial charge in [-0.05, 0) is 57.3 Å². The molecule has 2 unspecified atom stereocenters. The van der Waals surface area contributed by atoms with Crippen LogP contribution >= 0.6 is 7.82 Å². The minimum atomic E-state index is -4.63. The number of carbonyl (C=O) groups is 2. The maximum atomic E-state index is 12.5. The number of ether oxygens (including phenoxy) is 2. The first-order valence-electron chi connectivity index (χ1n) is 19.5. The van der Waals surface area contributed by atoms with Gasteiger partial charge in [0.2, 0.25) is 0 Å². The smallest absolute Gasteiger partial charge is 0.462 e. The van der Waals surface area contributed by atoms with Crippen LogP contribution in [0.25, 0.3) is 0 Å². The molecule has 0 aromatic heterocycles. The molecule has 12 heteroatoms. The van der Waals surface area contributed by atoms with E-state index in [9.17, 15) is 29.3 Å². The molecule has 0 spiro atoms. The Kier molecular flexibility index (Phi) is 33.2. The molecule has 0 aromatic carbocycles. The van der Waals surface area contributed by atoms with E-state index in [2.05, 4.69) is 55.7 Å². The average molecular weight is 759 g/mol. The van der Waals surface area contributed by atoms with Crippen molar-refractivity contribution in [2.24, 2.45) is 5.92 Å². The molecule has 0 bridgehead atoms. The monoisotopic (exact) mass is 758 g/mol. The Morgan fingerprint density at radius 2 is 1.19 bits per heavy atom. The first-order valence-corrected chi connectivity index (χ1v) is 21.0. The van der Waals surface area contributed by atoms with E-state index in [1.54, 1.807) is 0 Å². The van der Waals surface area contributed by atoms with Crippen LogP contribution in [0.2, 0.25) is 0 Å². The number of aliphatic hydroxyl groups is 3. The van der Waals surface area contributed by atoms with Crippen LogP contribution in [0, 0.1) is 5.92 Å². The number of hydrogen-bond donors (Lipinski definition) is 4. The fraction of sp³-hybridized carbons (Fsp3) is 0.750. The molecule has 0 heterocycles. The van der Waals surface area contributed by atoms with Gasteiger partial charge in [0.05, 0.1) is 25.9 Å². The molecular formula is C40H71O11P. The third kappa shape index (κ3) is 34.9. The second kappa shape index (κ2) is 34.6. The van der Waals surface area contributed by atoms with Gasteiger partial charge in [-0.15, -0.1) is 0 Å². The van der Waals surface area contributed by atoms with Crippen molar-refractivity contribution in [2.75, 3.05) is 26.4 Å². The van der Waals surface area contributed by atoms with Crippen LogP contribution < -0.4 is 0 Å². The minimum absolute atomic E-state index is 0.150. The lowest BCUT2D eigenvalue weighted by Crippen LogP contribution is -2.29. The summed E-state index contributed by atoms with van der Waals surface area (Å²) in [6, 6.07) is 0. The SMILES string of the molecule is CCCC(O)C/C=C\C/C=C\C/C=C\C/C=C\CCCC(=O)OC[C@H](COP(=O)(O)OC[C@@H](O)CO)OC(=O)CCCCCCCCCCC(C)C. The van der Waals surface area contributed by atoms with Crippen LogP contribution in [0.15, 0.2) is 48.6 Å². The van der Waals surface area contributed by atoms with E-state index >= 15 is 0 Å². The Hall–Kier alpha value is -2.11. The third-order valence-corrected chi connectivity index (χ3v) is 8.92. The highest BCUT2D eigenvalue weighted by molar-refractivity contribution is 7.47. The van der Waals surface area contributed by atoms with Crippen LogP contribution in [-0.2, 0) is 32.7 Å². The van der Waals surface area contributed by atoms with Gasteiger partial charge in [-0.3, -0.25) is 18.6 Å². The van der Waals surface area contributed by atoms with Gasteiger partial charge in [-0.1, -0.05) is 127 Å². The minimum Gasteiger partial charge on any atom is -0.462 e. The molecule has 0 aliphatic carbocycles. The van der Waals surface area contributed by atoms with Crippen molar-refractivity contribution in [1.29, 1.82) is 0 Å². The van der Waals surface area contributed by atoms with E-state index in [0.717, 1.165) is 57.3 Å². The van der Waals surface area contributed by atoms with Crippen LogP contribution in [0.5, 0.6) is 0 Å². The van der Waals surface area contributed by atoms with Crippen molar-refractivity contribution in [3.63, 3.8) is 0 Å². The van der Waals surface area contributed by atoms with Gasteiger partial charge in [-0.2, -0.15) is 0 Å². The quantitative estimate of drug-likeness (QED) is 0.0211. The summed E-state index contributed by atoms with van der Waals surface area (Å²) in [5.41, 5.74) is 0. The van der Waals surface area contributed by atoms with Gasteiger partial charge in [0, 0.05) is 12.8 Å². The number of esters is 2. The molecular weight excluding hydrogens is 687 g/mol. The molecule has 0 aromatic rings. The molecule has 0 radical (unpaired) electrons. The molecule has 0 fully saturated rings. The van der Waals surface area contributed by atoms with Gasteiger partial charge in [0.15, 0.2) is 6.10 Å². The zero-order chi connectivity index (χ0) is 38.7. The highest BCUT2D eigenvalue weighted by atomic mass is 31.2. The molecule has 302 valence electrons. The maximum absolute atomic E-state index is 12.5. The lowest BCUT2D eigenvalue weighted by molar-refractivity contribution is -0.161. The van der Waals surface area contributed by atoms with Gasteiger partial charge in [-0.25, -0.2) is 4.57 Å². The summed E-state index contributed by atoms with van der Waals surface area (Å²) in [7, 11) is -4.63. The molecule has 0 aliphatic rings. The van der Waals surface area contributed by atoms with Crippen molar-refractivity contribution >= 4 is 19.8 Å². The summed E-state index contributed by atoms with van der Waals surface area (Å²) in [4.78, 5) is 34.8. The second-order valence-electron chi connectivity index (χ2n) is 13.6. The van der Waals surface area contributed by atoms with Crippen LogP contribution in [-0.4, -0.2) is 76.9 Å². The summed E-state index contributed by atoms with van der Waals surface area (Å²) in [5, 5.41) is 28.0. The van der Waals surface area contributed by atoms with Crippen LogP contribution in [0.4, 0.5) is 0 Å². The van der Waals surface area contributed by atoms with E-state index in [1.807, 2.05) is 18.2 Å². The van der Waals surface area contributed by atoms with Crippen LogP contribution in [0.3, 0.4) is 0 Å². The summed E-state index contributed by atoms with van der Waals surface area (Å²) >= 11 is 0. The van der Waals surface area contributed by atoms with E-state index in [4.69, 9.17) is 19.1 Å². The molecule has 4 atom stereocenters. The Morgan fingerprint density at radius 1 is 0.654 bits per heavy atom. The van der Waals surface area contributed by atoms with E-state index in [1.165, 1.54) is 32.1 Å².